The molecule has 0 spiro atoms. The van der Waals surface area contributed by atoms with Crippen molar-refractivity contribution in [1.82, 2.24) is 5.32 Å². The van der Waals surface area contributed by atoms with Crippen LogP contribution in [0.25, 0.3) is 0 Å². The van der Waals surface area contributed by atoms with Crippen molar-refractivity contribution in [2.75, 3.05) is 29.9 Å². The second-order valence-electron chi connectivity index (χ2n) is 7.12. The molecule has 0 aliphatic carbocycles. The van der Waals surface area contributed by atoms with Gasteiger partial charge >= 0.3 is 6.09 Å². The van der Waals surface area contributed by atoms with Crippen molar-refractivity contribution in [3.8, 4) is 0 Å². The number of nitrogens with zero attached hydrogens (tertiary/aromatic N) is 2. The SMILES string of the molecule is CC1Sc2cc(N3CC(CNC(=O)c4ccccc4Cl)OC3=O)ccc2N(C)C1=O. The largest absolute Gasteiger partial charge is 0.442 e. The van der Waals surface area contributed by atoms with Crippen molar-refractivity contribution >= 4 is 52.6 Å². The number of thioether (sulfide) groups is 1. The Morgan fingerprint density at radius 1 is 1.27 bits per heavy atom. The highest BCUT2D eigenvalue weighted by molar-refractivity contribution is 8.01. The van der Waals surface area contributed by atoms with Crippen LogP contribution >= 0.6 is 23.4 Å². The molecule has 0 saturated carbocycles. The van der Waals surface area contributed by atoms with E-state index in [0.29, 0.717) is 22.8 Å². The van der Waals surface area contributed by atoms with Gasteiger partial charge < -0.3 is 15.0 Å². The molecule has 1 N–H and O–H groups in total. The van der Waals surface area contributed by atoms with Crippen LogP contribution in [0.3, 0.4) is 0 Å². The maximum atomic E-state index is 12.4. The fourth-order valence-electron chi connectivity index (χ4n) is 3.46. The number of hydrogen-bond donors (Lipinski definition) is 1. The summed E-state index contributed by atoms with van der Waals surface area (Å²) in [6.45, 7) is 2.36. The highest BCUT2D eigenvalue weighted by Gasteiger charge is 2.34. The van der Waals surface area contributed by atoms with E-state index in [4.69, 9.17) is 16.3 Å². The Balaban J connectivity index is 1.43. The molecule has 7 nitrogen and oxygen atoms in total. The van der Waals surface area contributed by atoms with Gasteiger partial charge in [0.1, 0.15) is 6.10 Å². The molecule has 2 aliphatic rings. The van der Waals surface area contributed by atoms with Gasteiger partial charge in [0, 0.05) is 17.6 Å². The highest BCUT2D eigenvalue weighted by Crippen LogP contribution is 2.41. The third kappa shape index (κ3) is 3.85. The van der Waals surface area contributed by atoms with E-state index in [1.807, 2.05) is 19.1 Å². The molecule has 0 bridgehead atoms. The molecule has 156 valence electrons. The molecule has 30 heavy (non-hydrogen) atoms. The molecule has 0 aromatic heterocycles. The number of anilines is 2. The van der Waals surface area contributed by atoms with Crippen molar-refractivity contribution in [1.29, 1.82) is 0 Å². The average molecular weight is 446 g/mol. The number of fused-ring (bicyclic) bond motifs is 1. The van der Waals surface area contributed by atoms with E-state index in [2.05, 4.69) is 5.32 Å². The van der Waals surface area contributed by atoms with Crippen LogP contribution in [0, 0.1) is 0 Å². The smallest absolute Gasteiger partial charge is 0.414 e. The summed E-state index contributed by atoms with van der Waals surface area (Å²) in [4.78, 5) is 41.0. The van der Waals surface area contributed by atoms with Crippen LogP contribution in [0.4, 0.5) is 16.2 Å². The molecular formula is C21H20ClN3O4S. The zero-order valence-corrected chi connectivity index (χ0v) is 18.0. The van der Waals surface area contributed by atoms with Gasteiger partial charge in [0.2, 0.25) is 5.91 Å². The van der Waals surface area contributed by atoms with E-state index in [1.165, 1.54) is 16.7 Å². The molecule has 1 saturated heterocycles. The van der Waals surface area contributed by atoms with Gasteiger partial charge in [-0.2, -0.15) is 0 Å². The molecule has 9 heteroatoms. The monoisotopic (exact) mass is 445 g/mol. The fourth-order valence-corrected chi connectivity index (χ4v) is 4.84. The van der Waals surface area contributed by atoms with Crippen molar-refractivity contribution in [2.24, 2.45) is 0 Å². The third-order valence-corrected chi connectivity index (χ3v) is 6.55. The summed E-state index contributed by atoms with van der Waals surface area (Å²) in [5.41, 5.74) is 1.89. The van der Waals surface area contributed by atoms with Crippen molar-refractivity contribution in [3.63, 3.8) is 0 Å². The lowest BCUT2D eigenvalue weighted by molar-refractivity contribution is -0.117. The van der Waals surface area contributed by atoms with Gasteiger partial charge in [0.05, 0.1) is 34.6 Å². The fraction of sp³-hybridized carbons (Fsp3) is 0.286. The summed E-state index contributed by atoms with van der Waals surface area (Å²) >= 11 is 7.52. The Morgan fingerprint density at radius 3 is 2.80 bits per heavy atom. The molecule has 0 radical (unpaired) electrons. The Labute approximate surface area is 183 Å². The summed E-state index contributed by atoms with van der Waals surface area (Å²) in [6.07, 6.45) is -0.943. The number of rotatable bonds is 4. The molecule has 2 heterocycles. The highest BCUT2D eigenvalue weighted by atomic mass is 35.5. The van der Waals surface area contributed by atoms with Crippen LogP contribution in [0.1, 0.15) is 17.3 Å². The van der Waals surface area contributed by atoms with Gasteiger partial charge in [0.25, 0.3) is 5.91 Å². The van der Waals surface area contributed by atoms with E-state index >= 15 is 0 Å². The molecule has 1 fully saturated rings. The van der Waals surface area contributed by atoms with Gasteiger partial charge in [-0.25, -0.2) is 4.79 Å². The number of carbonyl (C=O) groups is 3. The van der Waals surface area contributed by atoms with Crippen molar-refractivity contribution < 1.29 is 19.1 Å². The van der Waals surface area contributed by atoms with E-state index < -0.39 is 12.2 Å². The second-order valence-corrected chi connectivity index (χ2v) is 8.91. The first-order valence-corrected chi connectivity index (χ1v) is 10.7. The van der Waals surface area contributed by atoms with E-state index in [-0.39, 0.29) is 23.6 Å². The number of halogens is 1. The van der Waals surface area contributed by atoms with Crippen LogP contribution in [-0.4, -0.2) is 49.4 Å². The predicted molar refractivity (Wildman–Crippen MR) is 117 cm³/mol. The first-order valence-electron chi connectivity index (χ1n) is 9.44. The minimum Gasteiger partial charge on any atom is -0.442 e. The number of nitrogens with one attached hydrogen (secondary N) is 1. The zero-order chi connectivity index (χ0) is 21.4. The van der Waals surface area contributed by atoms with Crippen LogP contribution in [0.5, 0.6) is 0 Å². The number of amides is 3. The van der Waals surface area contributed by atoms with Gasteiger partial charge in [-0.15, -0.1) is 11.8 Å². The van der Waals surface area contributed by atoms with Crippen LogP contribution in [0.2, 0.25) is 5.02 Å². The lowest BCUT2D eigenvalue weighted by atomic mass is 10.2. The first-order chi connectivity index (χ1) is 14.3. The Hall–Kier alpha value is -2.71. The van der Waals surface area contributed by atoms with Gasteiger partial charge in [-0.1, -0.05) is 23.7 Å². The molecular weight excluding hydrogens is 426 g/mol. The number of benzene rings is 2. The summed E-state index contributed by atoms with van der Waals surface area (Å²) in [7, 11) is 1.75. The molecule has 3 amide bonds. The minimum atomic E-state index is -0.476. The summed E-state index contributed by atoms with van der Waals surface area (Å²) < 4.78 is 5.42. The Bertz CT molecular complexity index is 1030. The molecule has 2 unspecified atom stereocenters. The Morgan fingerprint density at radius 2 is 2.03 bits per heavy atom. The zero-order valence-electron chi connectivity index (χ0n) is 16.4. The van der Waals surface area contributed by atoms with Crippen LogP contribution in [0.15, 0.2) is 47.4 Å². The van der Waals surface area contributed by atoms with E-state index in [1.54, 1.807) is 42.3 Å². The molecule has 2 atom stereocenters. The van der Waals surface area contributed by atoms with E-state index in [9.17, 15) is 14.4 Å². The Kier molecular flexibility index (Phi) is 5.62. The topological polar surface area (TPSA) is 79.0 Å². The van der Waals surface area contributed by atoms with Gasteiger partial charge in [-0.3, -0.25) is 14.5 Å². The third-order valence-electron chi connectivity index (χ3n) is 5.08. The van der Waals surface area contributed by atoms with E-state index in [0.717, 1.165) is 10.6 Å². The van der Waals surface area contributed by atoms with Crippen LogP contribution in [-0.2, 0) is 9.53 Å². The lowest BCUT2D eigenvalue weighted by Crippen LogP contribution is -2.36. The minimum absolute atomic E-state index is 0.0511. The summed E-state index contributed by atoms with van der Waals surface area (Å²) in [6, 6.07) is 12.3. The summed E-state index contributed by atoms with van der Waals surface area (Å²) in [5, 5.41) is 2.95. The van der Waals surface area contributed by atoms with Crippen molar-refractivity contribution in [2.45, 2.75) is 23.2 Å². The molecule has 2 aromatic carbocycles. The standard InChI is InChI=1S/C21H20ClN3O4S/c1-12-20(27)24(2)17-8-7-13(9-18(17)30-12)25-11-14(29-21(25)28)10-23-19(26)15-5-3-4-6-16(15)22/h3-9,12,14H,10-11H2,1-2H3,(H,23,26). The molecule has 4 rings (SSSR count). The van der Waals surface area contributed by atoms with Crippen molar-refractivity contribution in [3.05, 3.63) is 53.1 Å². The maximum absolute atomic E-state index is 12.4. The normalized spacial score (nSPS) is 20.8. The van der Waals surface area contributed by atoms with Crippen LogP contribution < -0.4 is 15.1 Å². The average Bonchev–Trinajstić information content (AvgIpc) is 3.11. The van der Waals surface area contributed by atoms with Gasteiger partial charge in [0.15, 0.2) is 0 Å². The maximum Gasteiger partial charge on any atom is 0.414 e. The lowest BCUT2D eigenvalue weighted by Gasteiger charge is -2.30. The molecule has 2 aliphatic heterocycles. The number of cyclic esters (lactones) is 1. The summed E-state index contributed by atoms with van der Waals surface area (Å²) in [5.74, 6) is -0.267. The van der Waals surface area contributed by atoms with Gasteiger partial charge in [-0.05, 0) is 37.3 Å². The molecule has 2 aromatic rings. The quantitative estimate of drug-likeness (QED) is 0.778. The number of hydrogen-bond acceptors (Lipinski definition) is 5. The second kappa shape index (κ2) is 8.20. The first kappa shape index (κ1) is 20.6. The predicted octanol–water partition coefficient (Wildman–Crippen LogP) is 3.55. The number of ether oxygens (including phenoxy) is 1. The number of carbonyl (C=O) groups excluding carboxylic acids is 3.